The van der Waals surface area contributed by atoms with Gasteiger partial charge in [-0.05, 0) is 24.3 Å². The molecule has 22 heavy (non-hydrogen) atoms. The molecule has 6 heteroatoms. The van der Waals surface area contributed by atoms with Crippen molar-refractivity contribution in [2.45, 2.75) is 6.54 Å². The third-order valence-corrected chi connectivity index (χ3v) is 4.39. The maximum Gasteiger partial charge on any atom is 0.232 e. The van der Waals surface area contributed by atoms with Crippen molar-refractivity contribution in [2.75, 3.05) is 24.8 Å². The molecule has 5 nitrogen and oxygen atoms in total. The van der Waals surface area contributed by atoms with Gasteiger partial charge in [0.25, 0.3) is 0 Å². The number of methoxy groups -OCH3 is 2. The predicted octanol–water partition coefficient (Wildman–Crippen LogP) is 2.67. The van der Waals surface area contributed by atoms with E-state index in [1.54, 1.807) is 56.7 Å². The lowest BCUT2D eigenvalue weighted by Crippen LogP contribution is -2.29. The van der Waals surface area contributed by atoms with Gasteiger partial charge in [0, 0.05) is 11.6 Å². The van der Waals surface area contributed by atoms with Gasteiger partial charge < -0.3 is 9.47 Å². The van der Waals surface area contributed by atoms with Gasteiger partial charge in [-0.2, -0.15) is 0 Å². The molecule has 0 aliphatic carbocycles. The fraction of sp³-hybridized carbons (Fsp3) is 0.250. The van der Waals surface area contributed by atoms with Gasteiger partial charge in [-0.1, -0.05) is 18.2 Å². The molecule has 0 radical (unpaired) electrons. The summed E-state index contributed by atoms with van der Waals surface area (Å²) in [5.74, 6) is 1.25. The molecule has 0 fully saturated rings. The van der Waals surface area contributed by atoms with E-state index in [4.69, 9.17) is 9.47 Å². The zero-order chi connectivity index (χ0) is 16.2. The molecule has 2 aromatic carbocycles. The van der Waals surface area contributed by atoms with E-state index in [0.717, 1.165) is 5.56 Å². The highest BCUT2D eigenvalue weighted by Crippen LogP contribution is 2.28. The molecule has 0 amide bonds. The van der Waals surface area contributed by atoms with E-state index in [-0.39, 0.29) is 6.54 Å². The summed E-state index contributed by atoms with van der Waals surface area (Å²) in [5.41, 5.74) is 1.38. The Kier molecular flexibility index (Phi) is 4.92. The zero-order valence-electron chi connectivity index (χ0n) is 12.8. The van der Waals surface area contributed by atoms with Crippen molar-refractivity contribution < 1.29 is 17.9 Å². The first-order chi connectivity index (χ1) is 10.5. The normalized spacial score (nSPS) is 11.0. The summed E-state index contributed by atoms with van der Waals surface area (Å²) in [6.45, 7) is 0.190. The summed E-state index contributed by atoms with van der Waals surface area (Å²) in [6, 6.07) is 14.3. The van der Waals surface area contributed by atoms with Crippen molar-refractivity contribution in [2.24, 2.45) is 0 Å². The highest BCUT2D eigenvalue weighted by Gasteiger charge is 2.19. The van der Waals surface area contributed by atoms with Crippen LogP contribution in [0.1, 0.15) is 5.56 Å². The SMILES string of the molecule is COc1ccc(CN(c2ccccc2)S(C)(=O)=O)c(OC)c1. The van der Waals surface area contributed by atoms with Gasteiger partial charge in [0.1, 0.15) is 11.5 Å². The monoisotopic (exact) mass is 321 g/mol. The smallest absolute Gasteiger partial charge is 0.232 e. The largest absolute Gasteiger partial charge is 0.497 e. The summed E-state index contributed by atoms with van der Waals surface area (Å²) in [7, 11) is -0.292. The Labute approximate surface area is 131 Å². The lowest BCUT2D eigenvalue weighted by Gasteiger charge is -2.23. The Balaban J connectivity index is 2.41. The van der Waals surface area contributed by atoms with E-state index < -0.39 is 10.0 Å². The van der Waals surface area contributed by atoms with E-state index >= 15 is 0 Å². The molecule has 2 rings (SSSR count). The summed E-state index contributed by atoms with van der Waals surface area (Å²) in [5, 5.41) is 0. The average molecular weight is 321 g/mol. The lowest BCUT2D eigenvalue weighted by molar-refractivity contribution is 0.391. The fourth-order valence-corrected chi connectivity index (χ4v) is 3.01. The number of rotatable bonds is 6. The van der Waals surface area contributed by atoms with Gasteiger partial charge in [0.05, 0.1) is 32.7 Å². The van der Waals surface area contributed by atoms with Crippen LogP contribution in [0.4, 0.5) is 5.69 Å². The van der Waals surface area contributed by atoms with Crippen molar-refractivity contribution in [1.82, 2.24) is 0 Å². The van der Waals surface area contributed by atoms with Crippen LogP contribution in [0, 0.1) is 0 Å². The quantitative estimate of drug-likeness (QED) is 0.821. The first-order valence-electron chi connectivity index (χ1n) is 6.69. The minimum absolute atomic E-state index is 0.190. The third-order valence-electron chi connectivity index (χ3n) is 3.25. The van der Waals surface area contributed by atoms with Crippen LogP contribution < -0.4 is 13.8 Å². The van der Waals surface area contributed by atoms with Gasteiger partial charge in [-0.25, -0.2) is 8.42 Å². The van der Waals surface area contributed by atoms with Crippen molar-refractivity contribution in [3.63, 3.8) is 0 Å². The number of sulfonamides is 1. The van der Waals surface area contributed by atoms with Gasteiger partial charge in [-0.3, -0.25) is 4.31 Å². The molecule has 0 saturated heterocycles. The van der Waals surface area contributed by atoms with E-state index in [1.807, 2.05) is 6.07 Å². The van der Waals surface area contributed by atoms with Crippen molar-refractivity contribution in [3.8, 4) is 11.5 Å². The van der Waals surface area contributed by atoms with Gasteiger partial charge in [0.2, 0.25) is 10.0 Å². The highest BCUT2D eigenvalue weighted by molar-refractivity contribution is 7.92. The topological polar surface area (TPSA) is 55.8 Å². The molecular formula is C16H19NO4S. The van der Waals surface area contributed by atoms with Crippen molar-refractivity contribution in [3.05, 3.63) is 54.1 Å². The van der Waals surface area contributed by atoms with Crippen molar-refractivity contribution >= 4 is 15.7 Å². The molecule has 0 N–H and O–H groups in total. The molecule has 0 aliphatic heterocycles. The molecular weight excluding hydrogens is 302 g/mol. The number of benzene rings is 2. The highest BCUT2D eigenvalue weighted by atomic mass is 32.2. The Morgan fingerprint density at radius 3 is 2.23 bits per heavy atom. The second kappa shape index (κ2) is 6.70. The number of ether oxygens (including phenoxy) is 2. The number of para-hydroxylation sites is 1. The molecule has 0 aromatic heterocycles. The molecule has 0 spiro atoms. The molecule has 0 unspecified atom stereocenters. The number of hydrogen-bond acceptors (Lipinski definition) is 4. The van der Waals surface area contributed by atoms with Crippen LogP contribution in [0.5, 0.6) is 11.5 Å². The van der Waals surface area contributed by atoms with Crippen molar-refractivity contribution in [1.29, 1.82) is 0 Å². The second-order valence-electron chi connectivity index (χ2n) is 4.78. The Morgan fingerprint density at radius 1 is 1.00 bits per heavy atom. The van der Waals surface area contributed by atoms with Gasteiger partial charge in [-0.15, -0.1) is 0 Å². The Bertz CT molecular complexity index is 729. The molecule has 0 atom stereocenters. The number of hydrogen-bond donors (Lipinski definition) is 0. The van der Waals surface area contributed by atoms with Gasteiger partial charge >= 0.3 is 0 Å². The molecule has 0 aliphatic rings. The fourth-order valence-electron chi connectivity index (χ4n) is 2.13. The van der Waals surface area contributed by atoms with E-state index in [0.29, 0.717) is 17.2 Å². The summed E-state index contributed by atoms with van der Waals surface area (Å²) >= 11 is 0. The summed E-state index contributed by atoms with van der Waals surface area (Å²) in [4.78, 5) is 0. The first kappa shape index (κ1) is 16.2. The standard InChI is InChI=1S/C16H19NO4S/c1-20-15-10-9-13(16(11-15)21-2)12-17(22(3,18)19)14-7-5-4-6-8-14/h4-11H,12H2,1-3H3. The number of nitrogens with zero attached hydrogens (tertiary/aromatic N) is 1. The zero-order valence-corrected chi connectivity index (χ0v) is 13.6. The summed E-state index contributed by atoms with van der Waals surface area (Å²) in [6.07, 6.45) is 1.19. The minimum atomic E-state index is -3.41. The van der Waals surface area contributed by atoms with Crippen LogP contribution in [0.15, 0.2) is 48.5 Å². The second-order valence-corrected chi connectivity index (χ2v) is 6.69. The van der Waals surface area contributed by atoms with Crippen LogP contribution in [-0.2, 0) is 16.6 Å². The first-order valence-corrected chi connectivity index (χ1v) is 8.54. The Hall–Kier alpha value is -2.21. The van der Waals surface area contributed by atoms with E-state index in [9.17, 15) is 8.42 Å². The molecule has 118 valence electrons. The maximum atomic E-state index is 12.1. The van der Waals surface area contributed by atoms with E-state index in [1.165, 1.54) is 10.6 Å². The van der Waals surface area contributed by atoms with E-state index in [2.05, 4.69) is 0 Å². The van der Waals surface area contributed by atoms with Crippen LogP contribution in [0.2, 0.25) is 0 Å². The minimum Gasteiger partial charge on any atom is -0.497 e. The van der Waals surface area contributed by atoms with Crippen LogP contribution >= 0.6 is 0 Å². The molecule has 0 bridgehead atoms. The predicted molar refractivity (Wildman–Crippen MR) is 87.0 cm³/mol. The Morgan fingerprint density at radius 2 is 1.68 bits per heavy atom. The molecule has 0 saturated carbocycles. The van der Waals surface area contributed by atoms with Crippen LogP contribution in [0.3, 0.4) is 0 Å². The maximum absolute atomic E-state index is 12.1. The molecule has 0 heterocycles. The number of anilines is 1. The molecule has 2 aromatic rings. The van der Waals surface area contributed by atoms with Crippen LogP contribution in [0.25, 0.3) is 0 Å². The summed E-state index contributed by atoms with van der Waals surface area (Å²) < 4.78 is 36.1. The lowest BCUT2D eigenvalue weighted by atomic mass is 10.2. The van der Waals surface area contributed by atoms with Gasteiger partial charge in [0.15, 0.2) is 0 Å². The third kappa shape index (κ3) is 3.71. The van der Waals surface area contributed by atoms with Crippen LogP contribution in [-0.4, -0.2) is 28.9 Å². The average Bonchev–Trinajstić information content (AvgIpc) is 2.52.